The predicted octanol–water partition coefficient (Wildman–Crippen LogP) is 3.50. The molecule has 0 spiro atoms. The molecule has 1 amide bonds. The third-order valence-corrected chi connectivity index (χ3v) is 2.23. The first-order chi connectivity index (χ1) is 7.17. The van der Waals surface area contributed by atoms with Gasteiger partial charge in [-0.2, -0.15) is 0 Å². The van der Waals surface area contributed by atoms with Gasteiger partial charge in [0.15, 0.2) is 0 Å². The highest BCUT2D eigenvalue weighted by Gasteiger charge is 2.22. The van der Waals surface area contributed by atoms with Crippen LogP contribution in [-0.2, 0) is 4.74 Å². The number of alkyl carbamates (subject to hydrolysis) is 1. The predicted molar refractivity (Wildman–Crippen MR) is 67.4 cm³/mol. The second kappa shape index (κ2) is 5.92. The minimum Gasteiger partial charge on any atom is -0.444 e. The van der Waals surface area contributed by atoms with Gasteiger partial charge in [0.2, 0.25) is 0 Å². The summed E-state index contributed by atoms with van der Waals surface area (Å²) >= 11 is 0. The average Bonchev–Trinajstić information content (AvgIpc) is 2.09. The molecule has 0 aliphatic heterocycles. The Bertz CT molecular complexity index is 251. The monoisotopic (exact) mass is 227 g/mol. The van der Waals surface area contributed by atoms with Crippen molar-refractivity contribution >= 4 is 6.09 Å². The van der Waals surface area contributed by atoms with E-state index in [0.717, 1.165) is 12.0 Å². The number of hydrogen-bond donors (Lipinski definition) is 1. The van der Waals surface area contributed by atoms with Gasteiger partial charge in [0.25, 0.3) is 0 Å². The van der Waals surface area contributed by atoms with Crippen LogP contribution in [0.3, 0.4) is 0 Å². The van der Waals surface area contributed by atoms with Gasteiger partial charge in [-0.3, -0.25) is 0 Å². The highest BCUT2D eigenvalue weighted by atomic mass is 16.6. The van der Waals surface area contributed by atoms with E-state index in [4.69, 9.17) is 4.74 Å². The van der Waals surface area contributed by atoms with Gasteiger partial charge in [-0.25, -0.2) is 4.79 Å². The van der Waals surface area contributed by atoms with Crippen molar-refractivity contribution in [3.63, 3.8) is 0 Å². The van der Waals surface area contributed by atoms with Crippen molar-refractivity contribution in [3.8, 4) is 0 Å². The molecule has 0 aliphatic rings. The van der Waals surface area contributed by atoms with Crippen LogP contribution in [-0.4, -0.2) is 17.7 Å². The minimum atomic E-state index is -0.459. The van der Waals surface area contributed by atoms with Crippen LogP contribution in [0.1, 0.15) is 48.0 Å². The van der Waals surface area contributed by atoms with Crippen molar-refractivity contribution in [2.45, 2.75) is 59.6 Å². The summed E-state index contributed by atoms with van der Waals surface area (Å²) in [5.41, 5.74) is 0.569. The Kier molecular flexibility index (Phi) is 5.56. The van der Waals surface area contributed by atoms with Crippen LogP contribution in [0.4, 0.5) is 4.79 Å². The highest BCUT2D eigenvalue weighted by molar-refractivity contribution is 5.68. The summed E-state index contributed by atoms with van der Waals surface area (Å²) < 4.78 is 5.22. The van der Waals surface area contributed by atoms with E-state index in [1.165, 1.54) is 0 Å². The Hall–Kier alpha value is -0.990. The summed E-state index contributed by atoms with van der Waals surface area (Å²) in [4.78, 5) is 11.6. The molecule has 0 radical (unpaired) electrons. The first-order valence-electron chi connectivity index (χ1n) is 5.84. The lowest BCUT2D eigenvalue weighted by atomic mass is 9.95. The normalized spacial score (nSPS) is 13.4. The molecule has 0 aromatic carbocycles. The molecule has 0 aromatic heterocycles. The van der Waals surface area contributed by atoms with Crippen LogP contribution >= 0.6 is 0 Å². The van der Waals surface area contributed by atoms with E-state index in [-0.39, 0.29) is 12.1 Å². The zero-order valence-corrected chi connectivity index (χ0v) is 11.4. The molecule has 0 fully saturated rings. The summed E-state index contributed by atoms with van der Waals surface area (Å²) in [5, 5.41) is 2.86. The number of hydrogen-bond acceptors (Lipinski definition) is 2. The van der Waals surface area contributed by atoms with E-state index >= 15 is 0 Å². The van der Waals surface area contributed by atoms with Gasteiger partial charge < -0.3 is 10.1 Å². The summed E-state index contributed by atoms with van der Waals surface area (Å²) in [6, 6.07) is -0.0140. The summed E-state index contributed by atoms with van der Waals surface area (Å²) in [5.74, 6) is 0.319. The van der Waals surface area contributed by atoms with Gasteiger partial charge in [-0.15, -0.1) is 0 Å². The Morgan fingerprint density at radius 2 is 1.88 bits per heavy atom. The van der Waals surface area contributed by atoms with Crippen molar-refractivity contribution in [2.75, 3.05) is 0 Å². The number of rotatable bonds is 4. The lowest BCUT2D eigenvalue weighted by Crippen LogP contribution is -2.42. The van der Waals surface area contributed by atoms with E-state index in [1.807, 2.05) is 27.7 Å². The van der Waals surface area contributed by atoms with E-state index in [1.54, 1.807) is 0 Å². The van der Waals surface area contributed by atoms with E-state index < -0.39 is 5.60 Å². The lowest BCUT2D eigenvalue weighted by molar-refractivity contribution is 0.0500. The van der Waals surface area contributed by atoms with Crippen LogP contribution in [0.5, 0.6) is 0 Å². The maximum absolute atomic E-state index is 11.6. The molecule has 0 bridgehead atoms. The summed E-state index contributed by atoms with van der Waals surface area (Å²) in [7, 11) is 0. The molecular weight excluding hydrogens is 202 g/mol. The molecule has 0 saturated carbocycles. The van der Waals surface area contributed by atoms with Gasteiger partial charge in [-0.05, 0) is 33.1 Å². The number of carbonyl (C=O) groups is 1. The molecule has 0 heterocycles. The SMILES string of the molecule is C=C(CC)[C@@H](NC(=O)OC(C)(C)C)C(C)C. The molecule has 94 valence electrons. The first kappa shape index (κ1) is 15.0. The fourth-order valence-corrected chi connectivity index (χ4v) is 1.39. The Balaban J connectivity index is 4.42. The summed E-state index contributed by atoms with van der Waals surface area (Å²) in [6.07, 6.45) is 0.486. The minimum absolute atomic E-state index is 0.0140. The molecule has 3 heteroatoms. The van der Waals surface area contributed by atoms with Crippen molar-refractivity contribution in [1.82, 2.24) is 5.32 Å². The fourth-order valence-electron chi connectivity index (χ4n) is 1.39. The summed E-state index contributed by atoms with van der Waals surface area (Å²) in [6.45, 7) is 15.7. The second-order valence-corrected chi connectivity index (χ2v) is 5.38. The van der Waals surface area contributed by atoms with E-state index in [9.17, 15) is 4.79 Å². The molecule has 1 atom stereocenters. The third-order valence-electron chi connectivity index (χ3n) is 2.23. The molecule has 0 aliphatic carbocycles. The Morgan fingerprint density at radius 3 is 2.19 bits per heavy atom. The van der Waals surface area contributed by atoms with Crippen molar-refractivity contribution in [1.29, 1.82) is 0 Å². The topological polar surface area (TPSA) is 38.3 Å². The van der Waals surface area contributed by atoms with Gasteiger partial charge in [0.05, 0.1) is 6.04 Å². The van der Waals surface area contributed by atoms with Crippen molar-refractivity contribution in [3.05, 3.63) is 12.2 Å². The standard InChI is InChI=1S/C13H25NO2/c1-8-10(4)11(9(2)3)14-12(15)16-13(5,6)7/h9,11H,4,8H2,1-3,5-7H3,(H,14,15)/t11-/m0/s1. The molecular formula is C13H25NO2. The molecule has 16 heavy (non-hydrogen) atoms. The Labute approximate surface area is 99.3 Å². The zero-order chi connectivity index (χ0) is 12.9. The van der Waals surface area contributed by atoms with Crippen LogP contribution in [0, 0.1) is 5.92 Å². The maximum atomic E-state index is 11.6. The molecule has 0 saturated heterocycles. The molecule has 1 N–H and O–H groups in total. The highest BCUT2D eigenvalue weighted by Crippen LogP contribution is 2.15. The smallest absolute Gasteiger partial charge is 0.408 e. The molecule has 0 aromatic rings. The van der Waals surface area contributed by atoms with E-state index in [0.29, 0.717) is 5.92 Å². The van der Waals surface area contributed by atoms with Crippen LogP contribution in [0.25, 0.3) is 0 Å². The second-order valence-electron chi connectivity index (χ2n) is 5.38. The maximum Gasteiger partial charge on any atom is 0.408 e. The van der Waals surface area contributed by atoms with Crippen LogP contribution < -0.4 is 5.32 Å². The van der Waals surface area contributed by atoms with Crippen molar-refractivity contribution in [2.24, 2.45) is 5.92 Å². The van der Waals surface area contributed by atoms with Gasteiger partial charge in [0.1, 0.15) is 5.60 Å². The lowest BCUT2D eigenvalue weighted by Gasteiger charge is -2.26. The van der Waals surface area contributed by atoms with E-state index in [2.05, 4.69) is 25.7 Å². The third kappa shape index (κ3) is 5.79. The van der Waals surface area contributed by atoms with Gasteiger partial charge in [0, 0.05) is 0 Å². The fraction of sp³-hybridized carbons (Fsp3) is 0.769. The number of ether oxygens (including phenoxy) is 1. The van der Waals surface area contributed by atoms with Crippen molar-refractivity contribution < 1.29 is 9.53 Å². The quantitative estimate of drug-likeness (QED) is 0.746. The number of nitrogens with one attached hydrogen (secondary N) is 1. The largest absolute Gasteiger partial charge is 0.444 e. The molecule has 0 rings (SSSR count). The number of carbonyl (C=O) groups excluding carboxylic acids is 1. The Morgan fingerprint density at radius 1 is 1.38 bits per heavy atom. The first-order valence-corrected chi connectivity index (χ1v) is 5.84. The van der Waals surface area contributed by atoms with Gasteiger partial charge >= 0.3 is 6.09 Å². The van der Waals surface area contributed by atoms with Crippen LogP contribution in [0.15, 0.2) is 12.2 Å². The molecule has 0 unspecified atom stereocenters. The van der Waals surface area contributed by atoms with Crippen LogP contribution in [0.2, 0.25) is 0 Å². The average molecular weight is 227 g/mol. The number of amides is 1. The zero-order valence-electron chi connectivity index (χ0n) is 11.4. The van der Waals surface area contributed by atoms with Gasteiger partial charge in [-0.1, -0.05) is 32.9 Å². The molecule has 3 nitrogen and oxygen atoms in total.